The van der Waals surface area contributed by atoms with Gasteiger partial charge in [-0.25, -0.2) is 0 Å². The van der Waals surface area contributed by atoms with Crippen LogP contribution in [0.2, 0.25) is 0 Å². The summed E-state index contributed by atoms with van der Waals surface area (Å²) in [6, 6.07) is 14.4. The van der Waals surface area contributed by atoms with Crippen molar-refractivity contribution in [2.24, 2.45) is 0 Å². The van der Waals surface area contributed by atoms with Gasteiger partial charge in [0.1, 0.15) is 0 Å². The van der Waals surface area contributed by atoms with Gasteiger partial charge in [0.2, 0.25) is 0 Å². The zero-order chi connectivity index (χ0) is 24.1. The molecule has 180 valence electrons. The maximum Gasteiger partial charge on any atom is 0.253 e. The monoisotopic (exact) mass is 479 g/mol. The Morgan fingerprint density at radius 1 is 1.09 bits per heavy atom. The molecule has 0 aliphatic heterocycles. The second-order valence-electron chi connectivity index (χ2n) is 8.95. The van der Waals surface area contributed by atoms with E-state index in [9.17, 15) is 4.79 Å². The number of methoxy groups -OCH3 is 2. The van der Waals surface area contributed by atoms with Gasteiger partial charge in [-0.15, -0.1) is 0 Å². The highest BCUT2D eigenvalue weighted by Crippen LogP contribution is 2.28. The van der Waals surface area contributed by atoms with Crippen LogP contribution in [0.3, 0.4) is 0 Å². The summed E-state index contributed by atoms with van der Waals surface area (Å²) in [6.45, 7) is 3.27. The van der Waals surface area contributed by atoms with E-state index < -0.39 is 0 Å². The average molecular weight is 480 g/mol. The van der Waals surface area contributed by atoms with E-state index in [1.165, 1.54) is 18.4 Å². The number of aryl methyl sites for hydroxylation is 1. The molecule has 0 amide bonds. The maximum atomic E-state index is 12.8. The summed E-state index contributed by atoms with van der Waals surface area (Å²) >= 11 is 5.83. The lowest BCUT2D eigenvalue weighted by atomic mass is 10.1. The van der Waals surface area contributed by atoms with Crippen LogP contribution in [-0.2, 0) is 13.0 Å². The van der Waals surface area contributed by atoms with Crippen LogP contribution in [0.15, 0.2) is 47.3 Å². The number of rotatable bonds is 8. The Labute approximate surface area is 206 Å². The highest BCUT2D eigenvalue weighted by Gasteiger charge is 2.25. The van der Waals surface area contributed by atoms with Crippen LogP contribution in [0.5, 0.6) is 11.5 Å². The Bertz CT molecular complexity index is 1220. The van der Waals surface area contributed by atoms with Crippen molar-refractivity contribution in [2.75, 3.05) is 20.8 Å². The quantitative estimate of drug-likeness (QED) is 0.456. The number of fused-ring (bicyclic) bond motifs is 1. The summed E-state index contributed by atoms with van der Waals surface area (Å²) in [4.78, 5) is 18.1. The van der Waals surface area contributed by atoms with Gasteiger partial charge in [0, 0.05) is 23.7 Å². The Kier molecular flexibility index (Phi) is 7.73. The Hall–Kier alpha value is -3.06. The van der Waals surface area contributed by atoms with E-state index in [0.29, 0.717) is 24.2 Å². The molecule has 0 spiro atoms. The van der Waals surface area contributed by atoms with Crippen molar-refractivity contribution in [1.82, 2.24) is 15.2 Å². The second-order valence-corrected chi connectivity index (χ2v) is 9.34. The Morgan fingerprint density at radius 2 is 1.85 bits per heavy atom. The lowest BCUT2D eigenvalue weighted by Gasteiger charge is -2.31. The van der Waals surface area contributed by atoms with Gasteiger partial charge in [0.15, 0.2) is 16.6 Å². The molecule has 7 heteroatoms. The number of ether oxygens (including phenoxy) is 2. The van der Waals surface area contributed by atoms with Crippen molar-refractivity contribution in [3.63, 3.8) is 0 Å². The van der Waals surface area contributed by atoms with Crippen LogP contribution < -0.4 is 20.3 Å². The van der Waals surface area contributed by atoms with Crippen LogP contribution in [0.1, 0.15) is 42.4 Å². The molecule has 1 aliphatic rings. The maximum absolute atomic E-state index is 12.8. The van der Waals surface area contributed by atoms with Gasteiger partial charge in [0.05, 0.1) is 20.8 Å². The topological polar surface area (TPSA) is 66.6 Å². The van der Waals surface area contributed by atoms with Crippen molar-refractivity contribution in [3.05, 3.63) is 69.5 Å². The SMILES string of the molecule is COc1ccc(CCNC(=S)N(Cc2cc3cc(C)ccc3[nH]c2=O)C2CCCC2)cc1OC. The van der Waals surface area contributed by atoms with Gasteiger partial charge in [-0.2, -0.15) is 0 Å². The van der Waals surface area contributed by atoms with E-state index in [1.54, 1.807) is 14.2 Å². The standard InChI is InChI=1S/C27H33N3O3S/c1-18-8-10-23-20(14-18)16-21(26(31)29-23)17-30(22-6-4-5-7-22)27(34)28-13-12-19-9-11-24(32-2)25(15-19)33-3/h8-11,14-16,22H,4-7,12-13,17H2,1-3H3,(H,28,34)(H,29,31). The first-order valence-corrected chi connectivity index (χ1v) is 12.3. The molecule has 34 heavy (non-hydrogen) atoms. The van der Waals surface area contributed by atoms with Crippen molar-refractivity contribution in [3.8, 4) is 11.5 Å². The van der Waals surface area contributed by atoms with Crippen molar-refractivity contribution in [2.45, 2.75) is 51.6 Å². The zero-order valence-corrected chi connectivity index (χ0v) is 21.0. The van der Waals surface area contributed by atoms with Gasteiger partial charge in [-0.3, -0.25) is 4.79 Å². The third-order valence-corrected chi connectivity index (χ3v) is 6.96. The number of pyridine rings is 1. The molecule has 0 bridgehead atoms. The summed E-state index contributed by atoms with van der Waals surface area (Å²) in [5.41, 5.74) is 3.87. The molecule has 0 atom stereocenters. The minimum atomic E-state index is -0.0486. The predicted molar refractivity (Wildman–Crippen MR) is 141 cm³/mol. The number of aromatic nitrogens is 1. The fourth-order valence-electron chi connectivity index (χ4n) is 4.71. The van der Waals surface area contributed by atoms with Gasteiger partial charge in [-0.1, -0.05) is 30.5 Å². The molecule has 1 aliphatic carbocycles. The molecule has 0 radical (unpaired) electrons. The minimum absolute atomic E-state index is 0.0486. The Morgan fingerprint density at radius 3 is 2.59 bits per heavy atom. The summed E-state index contributed by atoms with van der Waals surface area (Å²) in [7, 11) is 3.28. The van der Waals surface area contributed by atoms with Crippen LogP contribution in [0, 0.1) is 6.92 Å². The molecule has 1 heterocycles. The molecule has 1 saturated carbocycles. The highest BCUT2D eigenvalue weighted by atomic mass is 32.1. The summed E-state index contributed by atoms with van der Waals surface area (Å²) in [6.07, 6.45) is 5.39. The summed E-state index contributed by atoms with van der Waals surface area (Å²) in [5.74, 6) is 1.44. The third kappa shape index (κ3) is 5.53. The van der Waals surface area contributed by atoms with Gasteiger partial charge in [-0.05, 0) is 79.7 Å². The van der Waals surface area contributed by atoms with Crippen LogP contribution in [-0.4, -0.2) is 41.8 Å². The molecule has 1 aromatic heterocycles. The van der Waals surface area contributed by atoms with Crippen molar-refractivity contribution >= 4 is 28.2 Å². The Balaban J connectivity index is 1.47. The van der Waals surface area contributed by atoms with E-state index in [-0.39, 0.29) is 5.56 Å². The fourth-order valence-corrected chi connectivity index (χ4v) is 5.02. The lowest BCUT2D eigenvalue weighted by Crippen LogP contribution is -2.45. The van der Waals surface area contributed by atoms with E-state index in [0.717, 1.165) is 52.8 Å². The number of hydrogen-bond donors (Lipinski definition) is 2. The largest absolute Gasteiger partial charge is 0.493 e. The van der Waals surface area contributed by atoms with E-state index in [4.69, 9.17) is 21.7 Å². The minimum Gasteiger partial charge on any atom is -0.493 e. The van der Waals surface area contributed by atoms with Crippen LogP contribution >= 0.6 is 12.2 Å². The molecular weight excluding hydrogens is 446 g/mol. The highest BCUT2D eigenvalue weighted by molar-refractivity contribution is 7.80. The number of hydrogen-bond acceptors (Lipinski definition) is 4. The molecule has 4 rings (SSSR count). The first-order valence-electron chi connectivity index (χ1n) is 11.9. The van der Waals surface area contributed by atoms with Gasteiger partial charge >= 0.3 is 0 Å². The third-order valence-electron chi connectivity index (χ3n) is 6.58. The molecule has 6 nitrogen and oxygen atoms in total. The van der Waals surface area contributed by atoms with Gasteiger partial charge < -0.3 is 24.7 Å². The lowest BCUT2D eigenvalue weighted by molar-refractivity contribution is 0.302. The van der Waals surface area contributed by atoms with E-state index in [2.05, 4.69) is 28.2 Å². The summed E-state index contributed by atoms with van der Waals surface area (Å²) < 4.78 is 10.7. The number of nitrogens with zero attached hydrogens (tertiary/aromatic N) is 1. The number of aromatic amines is 1. The molecule has 0 unspecified atom stereocenters. The van der Waals surface area contributed by atoms with Crippen LogP contribution in [0.25, 0.3) is 10.9 Å². The molecule has 3 aromatic rings. The number of benzene rings is 2. The fraction of sp³-hybridized carbons (Fsp3) is 0.407. The smallest absolute Gasteiger partial charge is 0.253 e. The second kappa shape index (κ2) is 10.9. The molecule has 0 saturated heterocycles. The first kappa shape index (κ1) is 24.1. The molecule has 1 fully saturated rings. The van der Waals surface area contributed by atoms with Crippen molar-refractivity contribution < 1.29 is 9.47 Å². The van der Waals surface area contributed by atoms with Gasteiger partial charge in [0.25, 0.3) is 5.56 Å². The van der Waals surface area contributed by atoms with Crippen LogP contribution in [0.4, 0.5) is 0 Å². The molecule has 2 N–H and O–H groups in total. The predicted octanol–water partition coefficient (Wildman–Crippen LogP) is 4.72. The number of thiocarbonyl (C=S) groups is 1. The zero-order valence-electron chi connectivity index (χ0n) is 20.1. The number of nitrogens with one attached hydrogen (secondary N) is 2. The van der Waals surface area contributed by atoms with E-state index in [1.807, 2.05) is 36.4 Å². The summed E-state index contributed by atoms with van der Waals surface area (Å²) in [5, 5.41) is 5.19. The average Bonchev–Trinajstić information content (AvgIpc) is 3.37. The molecule has 2 aromatic carbocycles. The normalized spacial score (nSPS) is 13.7. The number of H-pyrrole nitrogens is 1. The molecular formula is C27H33N3O3S. The first-order chi connectivity index (χ1) is 16.5. The van der Waals surface area contributed by atoms with E-state index >= 15 is 0 Å². The van der Waals surface area contributed by atoms with Crippen molar-refractivity contribution in [1.29, 1.82) is 0 Å².